The summed E-state index contributed by atoms with van der Waals surface area (Å²) in [5.74, 6) is 1.05. The lowest BCUT2D eigenvalue weighted by molar-refractivity contribution is 0.0593. The van der Waals surface area contributed by atoms with Crippen LogP contribution in [0.25, 0.3) is 0 Å². The molecule has 3 nitrogen and oxygen atoms in total. The lowest BCUT2D eigenvalue weighted by Gasteiger charge is -2.44. The van der Waals surface area contributed by atoms with Gasteiger partial charge in [-0.3, -0.25) is 0 Å². The van der Waals surface area contributed by atoms with Crippen LogP contribution in [0, 0.1) is 11.3 Å². The van der Waals surface area contributed by atoms with Crippen LogP contribution in [-0.4, -0.2) is 62.2 Å². The summed E-state index contributed by atoms with van der Waals surface area (Å²) < 4.78 is 0. The van der Waals surface area contributed by atoms with Crippen molar-refractivity contribution in [2.75, 3.05) is 52.4 Å². The number of rotatable bonds is 6. The van der Waals surface area contributed by atoms with E-state index < -0.39 is 0 Å². The van der Waals surface area contributed by atoms with E-state index in [0.717, 1.165) is 5.92 Å². The zero-order valence-corrected chi connectivity index (χ0v) is 13.4. The van der Waals surface area contributed by atoms with Crippen molar-refractivity contribution in [3.8, 4) is 0 Å². The molecule has 3 fully saturated rings. The van der Waals surface area contributed by atoms with E-state index in [2.05, 4.69) is 22.0 Å². The first-order chi connectivity index (χ1) is 9.80. The zero-order valence-electron chi connectivity index (χ0n) is 13.4. The number of hydrogen-bond acceptors (Lipinski definition) is 3. The summed E-state index contributed by atoms with van der Waals surface area (Å²) in [6, 6.07) is 0. The molecule has 3 heteroatoms. The van der Waals surface area contributed by atoms with Crippen LogP contribution in [0.4, 0.5) is 0 Å². The Bertz CT molecular complexity index is 281. The number of hydrogen-bond donors (Lipinski definition) is 1. The van der Waals surface area contributed by atoms with Crippen LogP contribution in [-0.2, 0) is 0 Å². The second kappa shape index (κ2) is 6.76. The van der Waals surface area contributed by atoms with Crippen LogP contribution in [0.15, 0.2) is 0 Å². The molecule has 2 heterocycles. The smallest absolute Gasteiger partial charge is 0.0110 e. The van der Waals surface area contributed by atoms with Gasteiger partial charge in [-0.15, -0.1) is 0 Å². The average Bonchev–Trinajstić information content (AvgIpc) is 3.26. The highest BCUT2D eigenvalue weighted by atomic mass is 15.3. The zero-order chi connectivity index (χ0) is 13.8. The van der Waals surface area contributed by atoms with Gasteiger partial charge in [0.05, 0.1) is 0 Å². The second-order valence-corrected chi connectivity index (χ2v) is 7.52. The van der Waals surface area contributed by atoms with Gasteiger partial charge in [-0.25, -0.2) is 0 Å². The van der Waals surface area contributed by atoms with Gasteiger partial charge in [0.15, 0.2) is 0 Å². The minimum Gasteiger partial charge on any atom is -0.317 e. The molecule has 0 radical (unpaired) electrons. The van der Waals surface area contributed by atoms with Crippen molar-refractivity contribution in [2.45, 2.75) is 45.4 Å². The van der Waals surface area contributed by atoms with Gasteiger partial charge in [0.2, 0.25) is 0 Å². The third kappa shape index (κ3) is 3.96. The van der Waals surface area contributed by atoms with Crippen LogP contribution < -0.4 is 5.32 Å². The molecule has 1 saturated carbocycles. The van der Waals surface area contributed by atoms with Crippen molar-refractivity contribution < 1.29 is 0 Å². The van der Waals surface area contributed by atoms with Crippen LogP contribution in [0.1, 0.15) is 45.4 Å². The van der Waals surface area contributed by atoms with Gasteiger partial charge in [-0.2, -0.15) is 0 Å². The second-order valence-electron chi connectivity index (χ2n) is 7.52. The topological polar surface area (TPSA) is 18.5 Å². The largest absolute Gasteiger partial charge is 0.317 e. The Kier molecular flexibility index (Phi) is 5.00. The maximum atomic E-state index is 3.54. The third-order valence-electron chi connectivity index (χ3n) is 5.68. The molecule has 0 bridgehead atoms. The third-order valence-corrected chi connectivity index (χ3v) is 5.68. The fraction of sp³-hybridized carbons (Fsp3) is 1.00. The van der Waals surface area contributed by atoms with E-state index in [9.17, 15) is 0 Å². The number of nitrogens with zero attached hydrogens (tertiary/aromatic N) is 2. The van der Waals surface area contributed by atoms with Gasteiger partial charge in [0, 0.05) is 39.3 Å². The Balaban J connectivity index is 1.46. The van der Waals surface area contributed by atoms with Gasteiger partial charge in [-0.1, -0.05) is 13.3 Å². The first-order valence-corrected chi connectivity index (χ1v) is 8.95. The normalized spacial score (nSPS) is 28.6. The van der Waals surface area contributed by atoms with Gasteiger partial charge in [0.25, 0.3) is 0 Å². The molecule has 0 spiro atoms. The fourth-order valence-corrected chi connectivity index (χ4v) is 4.24. The lowest BCUT2D eigenvalue weighted by atomic mass is 9.75. The standard InChI is InChI=1S/C17H33N3/c1-2-5-17(6-8-18-9-7-17)15-20-12-10-19(11-13-20)14-16-3-4-16/h16,18H,2-15H2,1H3. The molecule has 0 unspecified atom stereocenters. The van der Waals surface area contributed by atoms with Crippen molar-refractivity contribution in [2.24, 2.45) is 11.3 Å². The average molecular weight is 279 g/mol. The van der Waals surface area contributed by atoms with Crippen LogP contribution in [0.3, 0.4) is 0 Å². The molecule has 0 aromatic heterocycles. The minimum atomic E-state index is 0.624. The molecule has 3 rings (SSSR count). The van der Waals surface area contributed by atoms with E-state index in [1.165, 1.54) is 90.9 Å². The van der Waals surface area contributed by atoms with Crippen molar-refractivity contribution in [3.63, 3.8) is 0 Å². The monoisotopic (exact) mass is 279 g/mol. The van der Waals surface area contributed by atoms with Crippen LogP contribution in [0.5, 0.6) is 0 Å². The van der Waals surface area contributed by atoms with Gasteiger partial charge in [0.1, 0.15) is 0 Å². The highest BCUT2D eigenvalue weighted by molar-refractivity contribution is 4.89. The maximum absolute atomic E-state index is 3.54. The summed E-state index contributed by atoms with van der Waals surface area (Å²) in [6.07, 6.45) is 8.55. The van der Waals surface area contributed by atoms with E-state index in [0.29, 0.717) is 5.41 Å². The van der Waals surface area contributed by atoms with Crippen molar-refractivity contribution in [1.82, 2.24) is 15.1 Å². The quantitative estimate of drug-likeness (QED) is 0.804. The minimum absolute atomic E-state index is 0.624. The Morgan fingerprint density at radius 3 is 2.25 bits per heavy atom. The maximum Gasteiger partial charge on any atom is 0.0110 e. The summed E-state index contributed by atoms with van der Waals surface area (Å²) >= 11 is 0. The first kappa shape index (κ1) is 14.8. The van der Waals surface area contributed by atoms with E-state index in [1.54, 1.807) is 0 Å². The molecule has 2 aliphatic heterocycles. The molecule has 0 aromatic carbocycles. The molecule has 2 saturated heterocycles. The lowest BCUT2D eigenvalue weighted by Crippen LogP contribution is -2.52. The predicted molar refractivity (Wildman–Crippen MR) is 85.0 cm³/mol. The van der Waals surface area contributed by atoms with Crippen molar-refractivity contribution >= 4 is 0 Å². The summed E-state index contributed by atoms with van der Waals surface area (Å²) in [7, 11) is 0. The van der Waals surface area contributed by atoms with E-state index in [-0.39, 0.29) is 0 Å². The number of nitrogens with one attached hydrogen (secondary N) is 1. The van der Waals surface area contributed by atoms with Gasteiger partial charge in [-0.05, 0) is 56.5 Å². The Labute approximate surface area is 125 Å². The molecule has 0 atom stereocenters. The molecular weight excluding hydrogens is 246 g/mol. The van der Waals surface area contributed by atoms with Crippen LogP contribution in [0.2, 0.25) is 0 Å². The van der Waals surface area contributed by atoms with E-state index in [4.69, 9.17) is 0 Å². The summed E-state index contributed by atoms with van der Waals surface area (Å²) in [5, 5.41) is 3.54. The van der Waals surface area contributed by atoms with E-state index in [1.807, 2.05) is 0 Å². The van der Waals surface area contributed by atoms with Gasteiger partial charge < -0.3 is 15.1 Å². The molecule has 0 aromatic rings. The number of piperazine rings is 1. The molecular formula is C17H33N3. The summed E-state index contributed by atoms with van der Waals surface area (Å²) in [6.45, 7) is 12.8. The summed E-state index contributed by atoms with van der Waals surface area (Å²) in [5.41, 5.74) is 0.624. The Hall–Kier alpha value is -0.120. The van der Waals surface area contributed by atoms with Crippen LogP contribution >= 0.6 is 0 Å². The van der Waals surface area contributed by atoms with Gasteiger partial charge >= 0.3 is 0 Å². The fourth-order valence-electron chi connectivity index (χ4n) is 4.24. The predicted octanol–water partition coefficient (Wildman–Crippen LogP) is 2.18. The SMILES string of the molecule is CCCC1(CN2CCN(CC3CC3)CC2)CCNCC1. The Morgan fingerprint density at radius 2 is 1.65 bits per heavy atom. The first-order valence-electron chi connectivity index (χ1n) is 8.95. The van der Waals surface area contributed by atoms with Crippen molar-refractivity contribution in [3.05, 3.63) is 0 Å². The molecule has 1 N–H and O–H groups in total. The highest BCUT2D eigenvalue weighted by Crippen LogP contribution is 2.35. The molecule has 0 amide bonds. The molecule has 1 aliphatic carbocycles. The summed E-state index contributed by atoms with van der Waals surface area (Å²) in [4.78, 5) is 5.48. The Morgan fingerprint density at radius 1 is 1.00 bits per heavy atom. The van der Waals surface area contributed by atoms with E-state index >= 15 is 0 Å². The van der Waals surface area contributed by atoms with Crippen molar-refractivity contribution in [1.29, 1.82) is 0 Å². The highest BCUT2D eigenvalue weighted by Gasteiger charge is 2.34. The molecule has 116 valence electrons. The molecule has 3 aliphatic rings. The molecule has 20 heavy (non-hydrogen) atoms. The number of piperidine rings is 1.